The van der Waals surface area contributed by atoms with Gasteiger partial charge in [0.1, 0.15) is 0 Å². The van der Waals surface area contributed by atoms with E-state index in [2.05, 4.69) is 90.1 Å². The van der Waals surface area contributed by atoms with E-state index in [-0.39, 0.29) is 0 Å². The van der Waals surface area contributed by atoms with E-state index in [1.165, 1.54) is 46.2 Å². The van der Waals surface area contributed by atoms with Crippen LogP contribution in [0.2, 0.25) is 0 Å². The normalized spacial score (nSPS) is 11.2. The number of rotatable bonds is 2. The molecular weight excluding hydrogens is 456 g/mol. The van der Waals surface area contributed by atoms with Crippen molar-refractivity contribution in [1.29, 1.82) is 0 Å². The molecule has 0 unspecified atom stereocenters. The van der Waals surface area contributed by atoms with Gasteiger partial charge in [0, 0.05) is 0 Å². The van der Waals surface area contributed by atoms with Crippen LogP contribution in [0, 0.1) is 39.8 Å². The first-order valence-electron chi connectivity index (χ1n) is 10.8. The quantitative estimate of drug-likeness (QED) is 0.259. The van der Waals surface area contributed by atoms with E-state index in [4.69, 9.17) is 0 Å². The zero-order valence-electron chi connectivity index (χ0n) is 19.5. The van der Waals surface area contributed by atoms with Crippen LogP contribution in [0.4, 0.5) is 0 Å². The van der Waals surface area contributed by atoms with Crippen molar-refractivity contribution in [2.24, 2.45) is 0 Å². The molecule has 0 bridgehead atoms. The summed E-state index contributed by atoms with van der Waals surface area (Å²) in [5.41, 5.74) is 8.15. The minimum atomic E-state index is 1.01. The van der Waals surface area contributed by atoms with Gasteiger partial charge in [0.15, 0.2) is 0 Å². The van der Waals surface area contributed by atoms with Gasteiger partial charge >= 0.3 is 30.2 Å². The van der Waals surface area contributed by atoms with Crippen molar-refractivity contribution >= 4 is 6.88 Å². The number of benzene rings is 2. The van der Waals surface area contributed by atoms with E-state index >= 15 is 0 Å². The molecule has 0 nitrogen and oxygen atoms in total. The fourth-order valence-corrected chi connectivity index (χ4v) is 2.71. The van der Waals surface area contributed by atoms with Crippen LogP contribution in [-0.4, -0.2) is 6.88 Å². The van der Waals surface area contributed by atoms with Crippen LogP contribution >= 0.6 is 0 Å². The van der Waals surface area contributed by atoms with E-state index in [0.717, 1.165) is 25.7 Å². The molecule has 30 heavy (non-hydrogen) atoms. The number of unbranched alkanes of at least 4 members (excludes halogenated alkanes) is 2. The summed E-state index contributed by atoms with van der Waals surface area (Å²) in [5, 5.41) is 0. The fraction of sp³-hybridized carbons (Fsp3) is 0.357. The molecule has 2 aliphatic carbocycles. The number of hydrogen-bond acceptors (Lipinski definition) is 0. The molecule has 0 radical (unpaired) electrons. The Kier molecular flexibility index (Phi) is 18.1. The summed E-state index contributed by atoms with van der Waals surface area (Å²) in [5.74, 6) is 0. The van der Waals surface area contributed by atoms with Crippen molar-refractivity contribution in [3.05, 3.63) is 96.8 Å². The summed E-state index contributed by atoms with van der Waals surface area (Å²) in [7, 11) is 0. The predicted octanol–water partition coefficient (Wildman–Crippen LogP) is 7.30. The van der Waals surface area contributed by atoms with E-state index < -0.39 is 0 Å². The third-order valence-electron chi connectivity index (χ3n) is 4.38. The molecule has 2 heteroatoms. The Bertz CT molecular complexity index is 707. The van der Waals surface area contributed by atoms with Gasteiger partial charge in [0.2, 0.25) is 0 Å². The topological polar surface area (TPSA) is 0 Å². The Morgan fingerprint density at radius 1 is 0.967 bits per heavy atom. The van der Waals surface area contributed by atoms with Crippen molar-refractivity contribution in [1.82, 2.24) is 0 Å². The third-order valence-corrected chi connectivity index (χ3v) is 4.38. The standard InChI is InChI=1S/C15H13.C5H5.2C4H9.H2Si.Zr/c1-10-3-5-14-12(7-10)9-13-8-11(2)4-6-15(13)14;1-2-4-5-3-1;2*1-3-4-2;;/h3-7H,9H2,1-2H3;1-3H,4H2;2*1,3-4H2,2H3;1H2;/q4*-1;;. The van der Waals surface area contributed by atoms with Gasteiger partial charge in [0.05, 0.1) is 0 Å². The van der Waals surface area contributed by atoms with Gasteiger partial charge in [-0.2, -0.15) is 42.7 Å². The molecule has 0 atom stereocenters. The van der Waals surface area contributed by atoms with Crippen LogP contribution in [0.5, 0.6) is 0 Å². The van der Waals surface area contributed by atoms with Crippen LogP contribution in [0.15, 0.2) is 48.6 Å². The van der Waals surface area contributed by atoms with Crippen molar-refractivity contribution in [3.63, 3.8) is 0 Å². The summed E-state index contributed by atoms with van der Waals surface area (Å²) < 4.78 is 0. The molecule has 2 aliphatic rings. The molecule has 4 rings (SSSR count). The van der Waals surface area contributed by atoms with Gasteiger partial charge in [0.25, 0.3) is 0 Å². The Morgan fingerprint density at radius 2 is 1.57 bits per heavy atom. The van der Waals surface area contributed by atoms with Crippen molar-refractivity contribution < 1.29 is 23.3 Å². The third kappa shape index (κ3) is 11.4. The van der Waals surface area contributed by atoms with E-state index in [9.17, 15) is 0 Å². The Balaban J connectivity index is 0.000000464. The molecule has 0 saturated carbocycles. The van der Waals surface area contributed by atoms with Gasteiger partial charge in [-0.15, -0.1) is 17.5 Å². The van der Waals surface area contributed by atoms with E-state index in [1.54, 1.807) is 23.3 Å². The Hall–Kier alpha value is -0.980. The van der Waals surface area contributed by atoms with Gasteiger partial charge in [-0.05, 0) is 18.9 Å². The van der Waals surface area contributed by atoms with Crippen LogP contribution in [0.1, 0.15) is 68.2 Å². The maximum absolute atomic E-state index is 3.60. The van der Waals surface area contributed by atoms with Gasteiger partial charge in [-0.3, -0.25) is 6.08 Å². The maximum atomic E-state index is 3.60. The number of fused-ring (bicyclic) bond motifs is 3. The number of aryl methyl sites for hydroxylation is 2. The van der Waals surface area contributed by atoms with Crippen LogP contribution < -0.4 is 0 Å². The molecule has 2 aromatic carbocycles. The van der Waals surface area contributed by atoms with Crippen LogP contribution in [0.25, 0.3) is 11.1 Å². The molecule has 162 valence electrons. The van der Waals surface area contributed by atoms with Gasteiger partial charge < -0.3 is 13.8 Å². The Labute approximate surface area is 203 Å². The second kappa shape index (κ2) is 18.8. The SMILES string of the molecule is Cc1[c-]c2c(cc1)-c1ccc(C)cc1C2.[C-]1=CC=CC1.[CH2-]CCC.[CH2-]CCC.[SiH2]=[Zr]. The Morgan fingerprint density at radius 3 is 2.03 bits per heavy atom. The predicted molar refractivity (Wildman–Crippen MR) is 134 cm³/mol. The second-order valence-corrected chi connectivity index (χ2v) is 7.08. The first-order valence-corrected chi connectivity index (χ1v) is 16.8. The average molecular weight is 494 g/mol. The van der Waals surface area contributed by atoms with Crippen LogP contribution in [-0.2, 0) is 29.8 Å². The number of hydrogen-bond donors (Lipinski definition) is 0. The van der Waals surface area contributed by atoms with Crippen molar-refractivity contribution in [2.75, 3.05) is 0 Å². The van der Waals surface area contributed by atoms with Gasteiger partial charge in [-0.25, -0.2) is 12.2 Å². The average Bonchev–Trinajstić information content (AvgIpc) is 3.46. The van der Waals surface area contributed by atoms with Crippen molar-refractivity contribution in [2.45, 2.75) is 66.2 Å². The first-order chi connectivity index (χ1) is 14.6. The summed E-state index contributed by atoms with van der Waals surface area (Å²) in [4.78, 5) is 0. The fourth-order valence-electron chi connectivity index (χ4n) is 2.71. The molecule has 0 aliphatic heterocycles. The molecule has 0 saturated heterocycles. The molecule has 0 heterocycles. The van der Waals surface area contributed by atoms with E-state index in [1.807, 2.05) is 19.0 Å². The molecule has 2 aromatic rings. The second-order valence-electron chi connectivity index (χ2n) is 7.08. The van der Waals surface area contributed by atoms with Crippen LogP contribution in [0.3, 0.4) is 0 Å². The monoisotopic (exact) mass is 492 g/mol. The molecule has 0 fully saturated rings. The summed E-state index contributed by atoms with van der Waals surface area (Å²) in [6, 6.07) is 14.5. The molecule has 0 N–H and O–H groups in total. The summed E-state index contributed by atoms with van der Waals surface area (Å²) in [6.07, 6.45) is 15.6. The van der Waals surface area contributed by atoms with Crippen molar-refractivity contribution in [3.8, 4) is 11.1 Å². The zero-order valence-corrected chi connectivity index (χ0v) is 23.4. The molecule has 0 amide bonds. The minimum absolute atomic E-state index is 1.01. The molecule has 0 aromatic heterocycles. The summed E-state index contributed by atoms with van der Waals surface area (Å²) >= 11 is 1.58. The van der Waals surface area contributed by atoms with Gasteiger partial charge in [-0.1, -0.05) is 62.9 Å². The molecular formula is C28H38SiZr-4. The first kappa shape index (κ1) is 29.0. The summed E-state index contributed by atoms with van der Waals surface area (Å²) in [6.45, 7) is 17.7. The number of allylic oxidation sites excluding steroid dienone is 4. The zero-order chi connectivity index (χ0) is 22.8. The van der Waals surface area contributed by atoms with E-state index in [0.29, 0.717) is 0 Å². The molecule has 0 spiro atoms.